The molecule has 3 rings (SSSR count). The number of aliphatic hydroxyl groups excluding tert-OH is 2. The maximum Gasteiger partial charge on any atom is 0.305 e. The molecular formula is C30H49N5O5. The predicted molar refractivity (Wildman–Crippen MR) is 156 cm³/mol. The van der Waals surface area contributed by atoms with Crippen molar-refractivity contribution in [3.63, 3.8) is 0 Å². The predicted octanol–water partition coefficient (Wildman–Crippen LogP) is 5.09. The Morgan fingerprint density at radius 2 is 1.60 bits per heavy atom. The lowest BCUT2D eigenvalue weighted by atomic mass is 10.1. The number of hydrogen-bond acceptors (Lipinski definition) is 9. The number of allylic oxidation sites excluding steroid dienone is 2. The van der Waals surface area contributed by atoms with Gasteiger partial charge in [-0.1, -0.05) is 70.4 Å². The number of esters is 1. The van der Waals surface area contributed by atoms with Crippen molar-refractivity contribution in [2.75, 3.05) is 25.6 Å². The summed E-state index contributed by atoms with van der Waals surface area (Å²) in [5.74, 6) is 0.320. The van der Waals surface area contributed by atoms with E-state index in [0.717, 1.165) is 25.7 Å². The number of anilines is 1. The second kappa shape index (κ2) is 17.3. The Balaban J connectivity index is 1.27. The van der Waals surface area contributed by atoms with Crippen LogP contribution in [0.1, 0.15) is 103 Å². The van der Waals surface area contributed by atoms with Gasteiger partial charge in [0, 0.05) is 20.5 Å². The molecule has 0 saturated carbocycles. The Kier molecular flexibility index (Phi) is 13.8. The van der Waals surface area contributed by atoms with E-state index in [9.17, 15) is 15.0 Å². The monoisotopic (exact) mass is 559 g/mol. The van der Waals surface area contributed by atoms with Gasteiger partial charge < -0.3 is 24.6 Å². The molecule has 0 bridgehead atoms. The van der Waals surface area contributed by atoms with Crippen LogP contribution in [0.2, 0.25) is 0 Å². The van der Waals surface area contributed by atoms with Gasteiger partial charge in [-0.25, -0.2) is 15.0 Å². The van der Waals surface area contributed by atoms with Gasteiger partial charge in [-0.15, -0.1) is 0 Å². The van der Waals surface area contributed by atoms with Crippen molar-refractivity contribution in [1.82, 2.24) is 19.5 Å². The molecule has 2 aromatic heterocycles. The van der Waals surface area contributed by atoms with E-state index >= 15 is 0 Å². The fraction of sp³-hybridized carbons (Fsp3) is 0.733. The summed E-state index contributed by atoms with van der Waals surface area (Å²) in [7, 11) is 3.71. The second-order valence-electron chi connectivity index (χ2n) is 11.0. The molecule has 2 aromatic rings. The van der Waals surface area contributed by atoms with E-state index in [1.54, 1.807) is 4.57 Å². The molecule has 40 heavy (non-hydrogen) atoms. The van der Waals surface area contributed by atoms with E-state index in [4.69, 9.17) is 9.47 Å². The first-order valence-corrected chi connectivity index (χ1v) is 15.1. The number of nitrogens with zero attached hydrogens (tertiary/aromatic N) is 5. The fourth-order valence-corrected chi connectivity index (χ4v) is 5.04. The molecular weight excluding hydrogens is 510 g/mol. The maximum atomic E-state index is 12.2. The number of carbonyl (C=O) groups is 1. The zero-order valence-corrected chi connectivity index (χ0v) is 24.6. The average molecular weight is 560 g/mol. The topological polar surface area (TPSA) is 123 Å². The summed E-state index contributed by atoms with van der Waals surface area (Å²) >= 11 is 0. The first kappa shape index (κ1) is 32.0. The summed E-state index contributed by atoms with van der Waals surface area (Å²) in [5, 5.41) is 21.2. The standard InChI is InChI=1S/C30H49N5O5/c1-4-5-6-7-8-9-10-11-12-13-14-15-16-17-18-19-24(36)39-20-23-26(37)27(38)30(40-23)35-22-33-25-28(34(2)3)31-21-32-29(25)35/h11-12,21-23,26-27,30,37-38H,4-10,13-20H2,1-3H3/b12-11+/t23-,26-,27-,30-/m1/s1. The third-order valence-corrected chi connectivity index (χ3v) is 7.43. The first-order chi connectivity index (χ1) is 19.4. The molecule has 3 heterocycles. The maximum absolute atomic E-state index is 12.2. The van der Waals surface area contributed by atoms with Gasteiger partial charge in [-0.3, -0.25) is 9.36 Å². The molecule has 0 spiro atoms. The summed E-state index contributed by atoms with van der Waals surface area (Å²) in [4.78, 5) is 26.9. The van der Waals surface area contributed by atoms with Crippen LogP contribution < -0.4 is 4.90 Å². The number of carbonyl (C=O) groups excluding carboxylic acids is 1. The molecule has 1 aliphatic rings. The molecule has 224 valence electrons. The summed E-state index contributed by atoms with van der Waals surface area (Å²) in [6.07, 6.45) is 19.4. The highest BCUT2D eigenvalue weighted by Gasteiger charge is 2.45. The summed E-state index contributed by atoms with van der Waals surface area (Å²) in [6, 6.07) is 0. The number of aromatic nitrogens is 4. The SMILES string of the molecule is CCCCCCCC/C=C/CCCCCCCC(=O)OC[C@H]1O[C@@H](n2cnc3c(N(C)C)ncnc32)[C@H](O)[C@@H]1O. The van der Waals surface area contributed by atoms with Gasteiger partial charge in [0.1, 0.15) is 31.2 Å². The highest BCUT2D eigenvalue weighted by Crippen LogP contribution is 2.32. The third kappa shape index (κ3) is 9.52. The smallest absolute Gasteiger partial charge is 0.305 e. The number of ether oxygens (including phenoxy) is 2. The second-order valence-corrected chi connectivity index (χ2v) is 11.0. The van der Waals surface area contributed by atoms with Gasteiger partial charge in [0.05, 0.1) is 6.33 Å². The van der Waals surface area contributed by atoms with E-state index < -0.39 is 24.5 Å². The fourth-order valence-electron chi connectivity index (χ4n) is 5.04. The normalized spacial score (nSPS) is 21.0. The van der Waals surface area contributed by atoms with Crippen molar-refractivity contribution in [3.05, 3.63) is 24.8 Å². The number of aliphatic hydroxyl groups is 2. The van der Waals surface area contributed by atoms with Gasteiger partial charge in [-0.2, -0.15) is 0 Å². The van der Waals surface area contributed by atoms with Gasteiger partial charge >= 0.3 is 5.97 Å². The van der Waals surface area contributed by atoms with Crippen LogP contribution in [0.25, 0.3) is 11.2 Å². The zero-order chi connectivity index (χ0) is 28.7. The Hall–Kier alpha value is -2.56. The quantitative estimate of drug-likeness (QED) is 0.138. The van der Waals surface area contributed by atoms with Crippen LogP contribution in [-0.2, 0) is 14.3 Å². The molecule has 0 unspecified atom stereocenters. The van der Waals surface area contributed by atoms with Crippen LogP contribution in [0, 0.1) is 0 Å². The molecule has 1 aliphatic heterocycles. The number of fused-ring (bicyclic) bond motifs is 1. The van der Waals surface area contributed by atoms with Crippen LogP contribution in [0.15, 0.2) is 24.8 Å². The van der Waals surface area contributed by atoms with Gasteiger partial charge in [-0.05, 0) is 32.1 Å². The Morgan fingerprint density at radius 3 is 2.27 bits per heavy atom. The molecule has 0 radical (unpaired) electrons. The van der Waals surface area contributed by atoms with Crippen molar-refractivity contribution in [2.45, 2.75) is 121 Å². The third-order valence-electron chi connectivity index (χ3n) is 7.43. The summed E-state index contributed by atoms with van der Waals surface area (Å²) in [6.45, 7) is 2.13. The van der Waals surface area contributed by atoms with Crippen LogP contribution >= 0.6 is 0 Å². The average Bonchev–Trinajstić information content (AvgIpc) is 3.50. The molecule has 0 aromatic carbocycles. The molecule has 1 fully saturated rings. The highest BCUT2D eigenvalue weighted by molar-refractivity contribution is 5.83. The minimum Gasteiger partial charge on any atom is -0.463 e. The van der Waals surface area contributed by atoms with E-state index in [2.05, 4.69) is 34.0 Å². The van der Waals surface area contributed by atoms with Crippen molar-refractivity contribution in [1.29, 1.82) is 0 Å². The van der Waals surface area contributed by atoms with Crippen molar-refractivity contribution in [3.8, 4) is 0 Å². The lowest BCUT2D eigenvalue weighted by molar-refractivity contribution is -0.150. The van der Waals surface area contributed by atoms with E-state index in [0.29, 0.717) is 23.4 Å². The highest BCUT2D eigenvalue weighted by atomic mass is 16.6. The Bertz CT molecular complexity index is 1040. The van der Waals surface area contributed by atoms with Crippen LogP contribution in [0.4, 0.5) is 5.82 Å². The lowest BCUT2D eigenvalue weighted by Crippen LogP contribution is -2.34. The molecule has 2 N–H and O–H groups in total. The number of imidazole rings is 1. The van der Waals surface area contributed by atoms with Crippen LogP contribution in [-0.4, -0.2) is 74.7 Å². The molecule has 0 aliphatic carbocycles. The summed E-state index contributed by atoms with van der Waals surface area (Å²) < 4.78 is 12.8. The van der Waals surface area contributed by atoms with Gasteiger partial charge in [0.25, 0.3) is 0 Å². The van der Waals surface area contributed by atoms with Crippen molar-refractivity contribution in [2.24, 2.45) is 0 Å². The molecule has 4 atom stereocenters. The minimum atomic E-state index is -1.22. The lowest BCUT2D eigenvalue weighted by Gasteiger charge is -2.17. The minimum absolute atomic E-state index is 0.122. The molecule has 0 amide bonds. The molecule has 10 heteroatoms. The van der Waals surface area contributed by atoms with Gasteiger partial charge in [0.15, 0.2) is 23.2 Å². The van der Waals surface area contributed by atoms with Crippen LogP contribution in [0.5, 0.6) is 0 Å². The zero-order valence-electron chi connectivity index (χ0n) is 24.6. The van der Waals surface area contributed by atoms with Crippen molar-refractivity contribution < 1.29 is 24.5 Å². The Morgan fingerprint density at radius 1 is 0.950 bits per heavy atom. The first-order valence-electron chi connectivity index (χ1n) is 15.1. The number of unbranched alkanes of at least 4 members (excludes halogenated alkanes) is 11. The summed E-state index contributed by atoms with van der Waals surface area (Å²) in [5.41, 5.74) is 1.05. The Labute approximate surface area is 238 Å². The number of rotatable bonds is 19. The van der Waals surface area contributed by atoms with Crippen molar-refractivity contribution >= 4 is 23.0 Å². The number of hydrogen-bond donors (Lipinski definition) is 2. The molecule has 1 saturated heterocycles. The van der Waals surface area contributed by atoms with E-state index in [1.807, 2.05) is 19.0 Å². The molecule has 10 nitrogen and oxygen atoms in total. The van der Waals surface area contributed by atoms with Gasteiger partial charge in [0.2, 0.25) is 0 Å². The largest absolute Gasteiger partial charge is 0.463 e. The van der Waals surface area contributed by atoms with Crippen LogP contribution in [0.3, 0.4) is 0 Å². The van der Waals surface area contributed by atoms with E-state index in [-0.39, 0.29) is 12.6 Å². The van der Waals surface area contributed by atoms with E-state index in [1.165, 1.54) is 70.4 Å².